The largest absolute Gasteiger partial charge is 0.364 e. The molecule has 1 saturated heterocycles. The average molecular weight is 129 g/mol. The molecular weight excluding hydrogens is 118 g/mol. The molecule has 0 aliphatic carbocycles. The van der Waals surface area contributed by atoms with Gasteiger partial charge in [0.2, 0.25) is 5.91 Å². The van der Waals surface area contributed by atoms with Crippen molar-refractivity contribution >= 4 is 5.91 Å². The third-order valence-electron chi connectivity index (χ3n) is 1.37. The summed E-state index contributed by atoms with van der Waals surface area (Å²) in [5, 5.41) is 2.72. The van der Waals surface area contributed by atoms with E-state index in [9.17, 15) is 4.79 Å². The van der Waals surface area contributed by atoms with E-state index in [4.69, 9.17) is 4.74 Å². The molecule has 1 heterocycles. The maximum absolute atomic E-state index is 10.7. The van der Waals surface area contributed by atoms with Gasteiger partial charge in [-0.05, 0) is 13.8 Å². The molecule has 1 amide bonds. The van der Waals surface area contributed by atoms with Crippen molar-refractivity contribution in [3.63, 3.8) is 0 Å². The monoisotopic (exact) mass is 129 g/mol. The third-order valence-corrected chi connectivity index (χ3v) is 1.37. The Morgan fingerprint density at radius 3 is 2.78 bits per heavy atom. The lowest BCUT2D eigenvalue weighted by molar-refractivity contribution is -0.141. The maximum atomic E-state index is 10.7. The highest BCUT2D eigenvalue weighted by atomic mass is 16.5. The number of ether oxygens (including phenoxy) is 1. The lowest BCUT2D eigenvalue weighted by Crippen LogP contribution is -2.46. The fourth-order valence-electron chi connectivity index (χ4n) is 0.846. The zero-order valence-corrected chi connectivity index (χ0v) is 5.68. The SMILES string of the molecule is C[C@@H]1CNC(=O)[C@@H](C)O1. The number of carbonyl (C=O) groups excluding carboxylic acids is 1. The minimum absolute atomic E-state index is 0.00639. The molecule has 1 rings (SSSR count). The second-order valence-electron chi connectivity index (χ2n) is 2.33. The van der Waals surface area contributed by atoms with Gasteiger partial charge in [-0.15, -0.1) is 0 Å². The molecule has 0 saturated carbocycles. The van der Waals surface area contributed by atoms with Gasteiger partial charge in [-0.25, -0.2) is 0 Å². The second-order valence-corrected chi connectivity index (χ2v) is 2.33. The molecular formula is C6H11NO2. The Labute approximate surface area is 54.4 Å². The summed E-state index contributed by atoms with van der Waals surface area (Å²) in [5.74, 6) is -0.00639. The topological polar surface area (TPSA) is 38.3 Å². The van der Waals surface area contributed by atoms with E-state index in [-0.39, 0.29) is 18.1 Å². The summed E-state index contributed by atoms with van der Waals surface area (Å²) in [6.07, 6.45) is -0.105. The highest BCUT2D eigenvalue weighted by molar-refractivity contribution is 5.80. The molecule has 0 spiro atoms. The summed E-state index contributed by atoms with van der Waals surface area (Å²) < 4.78 is 5.19. The van der Waals surface area contributed by atoms with Crippen LogP contribution < -0.4 is 5.32 Å². The van der Waals surface area contributed by atoms with E-state index < -0.39 is 0 Å². The van der Waals surface area contributed by atoms with E-state index in [2.05, 4.69) is 5.32 Å². The van der Waals surface area contributed by atoms with Crippen molar-refractivity contribution in [2.24, 2.45) is 0 Å². The quantitative estimate of drug-likeness (QED) is 0.496. The van der Waals surface area contributed by atoms with E-state index in [1.165, 1.54) is 0 Å². The van der Waals surface area contributed by atoms with Gasteiger partial charge in [0.15, 0.2) is 0 Å². The molecule has 0 aromatic carbocycles. The first kappa shape index (κ1) is 6.55. The number of hydrogen-bond acceptors (Lipinski definition) is 2. The van der Waals surface area contributed by atoms with Crippen LogP contribution in [-0.4, -0.2) is 24.7 Å². The Balaban J connectivity index is 2.44. The fourth-order valence-corrected chi connectivity index (χ4v) is 0.846. The Morgan fingerprint density at radius 2 is 2.33 bits per heavy atom. The van der Waals surface area contributed by atoms with Gasteiger partial charge in [0.25, 0.3) is 0 Å². The van der Waals surface area contributed by atoms with Crippen molar-refractivity contribution in [2.75, 3.05) is 6.54 Å². The zero-order chi connectivity index (χ0) is 6.85. The molecule has 1 aliphatic rings. The van der Waals surface area contributed by atoms with Gasteiger partial charge in [-0.1, -0.05) is 0 Å². The Hall–Kier alpha value is -0.570. The van der Waals surface area contributed by atoms with Crippen LogP contribution >= 0.6 is 0 Å². The van der Waals surface area contributed by atoms with Crippen LogP contribution in [0.25, 0.3) is 0 Å². The molecule has 1 aliphatic heterocycles. The van der Waals surface area contributed by atoms with E-state index in [1.807, 2.05) is 6.92 Å². The molecule has 52 valence electrons. The smallest absolute Gasteiger partial charge is 0.248 e. The Kier molecular flexibility index (Phi) is 1.71. The summed E-state index contributed by atoms with van der Waals surface area (Å²) in [6.45, 7) is 4.34. The van der Waals surface area contributed by atoms with Crippen molar-refractivity contribution in [2.45, 2.75) is 26.1 Å². The molecule has 0 unspecified atom stereocenters. The molecule has 1 fully saturated rings. The maximum Gasteiger partial charge on any atom is 0.248 e. The molecule has 3 nitrogen and oxygen atoms in total. The first-order valence-corrected chi connectivity index (χ1v) is 3.13. The molecule has 9 heavy (non-hydrogen) atoms. The predicted molar refractivity (Wildman–Crippen MR) is 33.0 cm³/mol. The highest BCUT2D eigenvalue weighted by Gasteiger charge is 2.21. The summed E-state index contributed by atoms with van der Waals surface area (Å²) in [7, 11) is 0. The van der Waals surface area contributed by atoms with Crippen molar-refractivity contribution < 1.29 is 9.53 Å². The van der Waals surface area contributed by atoms with Crippen LogP contribution in [0.2, 0.25) is 0 Å². The minimum Gasteiger partial charge on any atom is -0.364 e. The molecule has 0 aromatic heterocycles. The minimum atomic E-state index is -0.270. The molecule has 0 radical (unpaired) electrons. The number of amides is 1. The Bertz CT molecular complexity index is 124. The van der Waals surface area contributed by atoms with E-state index >= 15 is 0 Å². The van der Waals surface area contributed by atoms with Gasteiger partial charge in [0.05, 0.1) is 6.10 Å². The predicted octanol–water partition coefficient (Wildman–Crippen LogP) is -0.0902. The lowest BCUT2D eigenvalue weighted by atomic mass is 10.3. The standard InChI is InChI=1S/C6H11NO2/c1-4-3-7-6(8)5(2)9-4/h4-5H,3H2,1-2H3,(H,7,8)/t4-,5-/m1/s1. The lowest BCUT2D eigenvalue weighted by Gasteiger charge is -2.24. The highest BCUT2D eigenvalue weighted by Crippen LogP contribution is 2.01. The number of morpholine rings is 1. The first-order valence-electron chi connectivity index (χ1n) is 3.13. The van der Waals surface area contributed by atoms with Gasteiger partial charge >= 0.3 is 0 Å². The average Bonchev–Trinajstić information content (AvgIpc) is 1.80. The molecule has 0 bridgehead atoms. The van der Waals surface area contributed by atoms with Crippen LogP contribution in [0.15, 0.2) is 0 Å². The Morgan fingerprint density at radius 1 is 1.67 bits per heavy atom. The van der Waals surface area contributed by atoms with Gasteiger partial charge in [-0.2, -0.15) is 0 Å². The van der Waals surface area contributed by atoms with Crippen LogP contribution in [0.5, 0.6) is 0 Å². The van der Waals surface area contributed by atoms with E-state index in [0.29, 0.717) is 6.54 Å². The molecule has 1 N–H and O–H groups in total. The summed E-state index contributed by atoms with van der Waals surface area (Å²) in [6, 6.07) is 0. The van der Waals surface area contributed by atoms with Crippen LogP contribution in [0.1, 0.15) is 13.8 Å². The van der Waals surface area contributed by atoms with Gasteiger partial charge in [0.1, 0.15) is 6.10 Å². The summed E-state index contributed by atoms with van der Waals surface area (Å²) >= 11 is 0. The molecule has 2 atom stereocenters. The third kappa shape index (κ3) is 1.42. The van der Waals surface area contributed by atoms with Crippen LogP contribution in [0.4, 0.5) is 0 Å². The number of rotatable bonds is 0. The summed E-state index contributed by atoms with van der Waals surface area (Å²) in [5.41, 5.74) is 0. The number of nitrogens with one attached hydrogen (secondary N) is 1. The number of carbonyl (C=O) groups is 1. The van der Waals surface area contributed by atoms with Crippen LogP contribution in [0.3, 0.4) is 0 Å². The van der Waals surface area contributed by atoms with Crippen LogP contribution in [-0.2, 0) is 9.53 Å². The first-order chi connectivity index (χ1) is 4.20. The van der Waals surface area contributed by atoms with Gasteiger partial charge in [-0.3, -0.25) is 4.79 Å². The van der Waals surface area contributed by atoms with Gasteiger partial charge < -0.3 is 10.1 Å². The normalized spacial score (nSPS) is 36.0. The fraction of sp³-hybridized carbons (Fsp3) is 0.833. The molecule has 3 heteroatoms. The van der Waals surface area contributed by atoms with E-state index in [0.717, 1.165) is 0 Å². The van der Waals surface area contributed by atoms with Crippen molar-refractivity contribution in [1.82, 2.24) is 5.32 Å². The van der Waals surface area contributed by atoms with Crippen molar-refractivity contribution in [1.29, 1.82) is 0 Å². The van der Waals surface area contributed by atoms with E-state index in [1.54, 1.807) is 6.92 Å². The molecule has 0 aromatic rings. The summed E-state index contributed by atoms with van der Waals surface area (Å²) in [4.78, 5) is 10.7. The number of hydrogen-bond donors (Lipinski definition) is 1. The second kappa shape index (κ2) is 2.35. The van der Waals surface area contributed by atoms with Crippen molar-refractivity contribution in [3.8, 4) is 0 Å². The zero-order valence-electron chi connectivity index (χ0n) is 5.68. The van der Waals surface area contributed by atoms with Gasteiger partial charge in [0, 0.05) is 6.54 Å². The van der Waals surface area contributed by atoms with Crippen LogP contribution in [0, 0.1) is 0 Å². The van der Waals surface area contributed by atoms with Crippen molar-refractivity contribution in [3.05, 3.63) is 0 Å².